The van der Waals surface area contributed by atoms with Crippen molar-refractivity contribution in [1.29, 1.82) is 0 Å². The number of aliphatic carboxylic acids is 1. The second-order valence-electron chi connectivity index (χ2n) is 5.45. The van der Waals surface area contributed by atoms with Crippen LogP contribution in [0.3, 0.4) is 0 Å². The lowest BCUT2D eigenvalue weighted by molar-refractivity contribution is -0.384. The van der Waals surface area contributed by atoms with E-state index in [9.17, 15) is 19.7 Å². The van der Waals surface area contributed by atoms with Crippen molar-refractivity contribution in [1.82, 2.24) is 4.90 Å². The summed E-state index contributed by atoms with van der Waals surface area (Å²) < 4.78 is 5.34. The molecule has 1 heterocycles. The average molecular weight is 322 g/mol. The van der Waals surface area contributed by atoms with Gasteiger partial charge in [0.2, 0.25) is 0 Å². The van der Waals surface area contributed by atoms with Gasteiger partial charge >= 0.3 is 5.97 Å². The number of carbonyl (C=O) groups is 2. The zero-order valence-electron chi connectivity index (χ0n) is 12.7. The maximum absolute atomic E-state index is 12.2. The predicted octanol–water partition coefficient (Wildman–Crippen LogP) is 1.69. The van der Waals surface area contributed by atoms with Crippen molar-refractivity contribution < 1.29 is 24.4 Å². The summed E-state index contributed by atoms with van der Waals surface area (Å²) in [4.78, 5) is 35.0. The molecule has 124 valence electrons. The molecule has 2 rings (SSSR count). The Labute approximate surface area is 132 Å². The minimum atomic E-state index is -0.897. The van der Waals surface area contributed by atoms with Gasteiger partial charge in [0.25, 0.3) is 11.6 Å². The van der Waals surface area contributed by atoms with Gasteiger partial charge in [0.15, 0.2) is 6.61 Å². The fraction of sp³-hybridized carbons (Fsp3) is 0.467. The number of nitrogens with zero attached hydrogens (tertiary/aromatic N) is 2. The van der Waals surface area contributed by atoms with E-state index < -0.39 is 16.8 Å². The molecule has 1 N–H and O–H groups in total. The molecule has 0 radical (unpaired) electrons. The molecule has 1 saturated heterocycles. The Morgan fingerprint density at radius 2 is 2.04 bits per heavy atom. The summed E-state index contributed by atoms with van der Waals surface area (Å²) in [7, 11) is 0. The van der Waals surface area contributed by atoms with Gasteiger partial charge in [0, 0.05) is 24.7 Å². The highest BCUT2D eigenvalue weighted by Crippen LogP contribution is 2.24. The first kappa shape index (κ1) is 16.7. The number of nitro groups is 1. The first-order valence-electron chi connectivity index (χ1n) is 7.29. The molecule has 0 unspecified atom stereocenters. The highest BCUT2D eigenvalue weighted by atomic mass is 16.6. The van der Waals surface area contributed by atoms with E-state index >= 15 is 0 Å². The van der Waals surface area contributed by atoms with Crippen molar-refractivity contribution in [3.63, 3.8) is 0 Å². The average Bonchev–Trinajstić information content (AvgIpc) is 2.53. The van der Waals surface area contributed by atoms with Crippen molar-refractivity contribution in [3.05, 3.63) is 34.4 Å². The van der Waals surface area contributed by atoms with Crippen molar-refractivity contribution in [3.8, 4) is 5.75 Å². The Bertz CT molecular complexity index is 600. The smallest absolute Gasteiger partial charge is 0.308 e. The van der Waals surface area contributed by atoms with Gasteiger partial charge in [-0.2, -0.15) is 0 Å². The van der Waals surface area contributed by atoms with E-state index in [1.165, 1.54) is 29.2 Å². The summed E-state index contributed by atoms with van der Waals surface area (Å²) in [6, 6.07) is 5.05. The summed E-state index contributed by atoms with van der Waals surface area (Å²) in [6.45, 7) is 2.00. The zero-order valence-corrected chi connectivity index (χ0v) is 12.7. The number of non-ortho nitro benzene ring substituents is 1. The van der Waals surface area contributed by atoms with Gasteiger partial charge in [0.05, 0.1) is 10.8 Å². The van der Waals surface area contributed by atoms with Crippen LogP contribution in [0.2, 0.25) is 0 Å². The third kappa shape index (κ3) is 3.97. The van der Waals surface area contributed by atoms with Gasteiger partial charge in [-0.25, -0.2) is 0 Å². The molecule has 1 amide bonds. The van der Waals surface area contributed by atoms with Crippen LogP contribution in [-0.4, -0.2) is 46.0 Å². The SMILES string of the molecule is C[C@@H]1[C@H](C(=O)O)CCCN1C(=O)COc1ccc([N+](=O)[O-])cc1. The van der Waals surface area contributed by atoms with E-state index in [-0.39, 0.29) is 24.2 Å². The van der Waals surface area contributed by atoms with Gasteiger partial charge in [-0.3, -0.25) is 19.7 Å². The van der Waals surface area contributed by atoms with Crippen LogP contribution in [0.4, 0.5) is 5.69 Å². The number of benzene rings is 1. The maximum Gasteiger partial charge on any atom is 0.308 e. The van der Waals surface area contributed by atoms with Crippen molar-refractivity contribution >= 4 is 17.6 Å². The Morgan fingerprint density at radius 1 is 1.39 bits per heavy atom. The highest BCUT2D eigenvalue weighted by molar-refractivity contribution is 5.80. The van der Waals surface area contributed by atoms with E-state index in [0.717, 1.165) is 0 Å². The first-order valence-corrected chi connectivity index (χ1v) is 7.29. The molecule has 0 bridgehead atoms. The normalized spacial score (nSPS) is 20.8. The van der Waals surface area contributed by atoms with Crippen molar-refractivity contribution in [2.24, 2.45) is 5.92 Å². The van der Waals surface area contributed by atoms with E-state index in [2.05, 4.69) is 0 Å². The number of ether oxygens (including phenoxy) is 1. The molecule has 1 aromatic carbocycles. The molecule has 1 aliphatic rings. The zero-order chi connectivity index (χ0) is 17.0. The van der Waals surface area contributed by atoms with Crippen LogP contribution in [0.15, 0.2) is 24.3 Å². The lowest BCUT2D eigenvalue weighted by atomic mass is 9.90. The number of likely N-dealkylation sites (tertiary alicyclic amines) is 1. The highest BCUT2D eigenvalue weighted by Gasteiger charge is 2.35. The molecule has 1 aliphatic heterocycles. The molecular weight excluding hydrogens is 304 g/mol. The van der Waals surface area contributed by atoms with Crippen molar-refractivity contribution in [2.45, 2.75) is 25.8 Å². The quantitative estimate of drug-likeness (QED) is 0.652. The van der Waals surface area contributed by atoms with E-state index in [4.69, 9.17) is 9.84 Å². The second kappa shape index (κ2) is 7.08. The van der Waals surface area contributed by atoms with Crippen LogP contribution in [0.25, 0.3) is 0 Å². The predicted molar refractivity (Wildman–Crippen MR) is 80.1 cm³/mol. The molecular formula is C15H18N2O6. The molecule has 1 fully saturated rings. The maximum atomic E-state index is 12.2. The standard InChI is InChI=1S/C15H18N2O6/c1-10-13(15(19)20)3-2-8-16(10)14(18)9-23-12-6-4-11(5-7-12)17(21)22/h4-7,10,13H,2-3,8-9H2,1H3,(H,19,20)/t10-,13-/m1/s1. The summed E-state index contributed by atoms with van der Waals surface area (Å²) >= 11 is 0. The fourth-order valence-electron chi connectivity index (χ4n) is 2.72. The number of nitro benzene ring substituents is 1. The van der Waals surface area contributed by atoms with Crippen LogP contribution in [0.1, 0.15) is 19.8 Å². The molecule has 0 spiro atoms. The van der Waals surface area contributed by atoms with E-state index in [0.29, 0.717) is 25.1 Å². The third-order valence-corrected chi connectivity index (χ3v) is 4.04. The third-order valence-electron chi connectivity index (χ3n) is 4.04. The van der Waals surface area contributed by atoms with Crippen LogP contribution < -0.4 is 4.74 Å². The largest absolute Gasteiger partial charge is 0.484 e. The van der Waals surface area contributed by atoms with Gasteiger partial charge in [0.1, 0.15) is 5.75 Å². The topological polar surface area (TPSA) is 110 Å². The number of carbonyl (C=O) groups excluding carboxylic acids is 1. The van der Waals surface area contributed by atoms with E-state index in [1.54, 1.807) is 6.92 Å². The Hall–Kier alpha value is -2.64. The number of amides is 1. The van der Waals surface area contributed by atoms with Crippen LogP contribution in [0, 0.1) is 16.0 Å². The lowest BCUT2D eigenvalue weighted by Crippen LogP contribution is -2.50. The minimum absolute atomic E-state index is 0.0578. The number of piperidine rings is 1. The number of carboxylic acids is 1. The molecule has 2 atom stereocenters. The van der Waals surface area contributed by atoms with E-state index in [1.807, 2.05) is 0 Å². The van der Waals surface area contributed by atoms with Crippen LogP contribution in [-0.2, 0) is 9.59 Å². The number of carboxylic acid groups (broad SMARTS) is 1. The molecule has 1 aromatic rings. The molecule has 8 nitrogen and oxygen atoms in total. The van der Waals surface area contributed by atoms with Crippen LogP contribution >= 0.6 is 0 Å². The number of hydrogen-bond donors (Lipinski definition) is 1. The minimum Gasteiger partial charge on any atom is -0.484 e. The summed E-state index contributed by atoms with van der Waals surface area (Å²) in [5.41, 5.74) is -0.0578. The van der Waals surface area contributed by atoms with Crippen LogP contribution in [0.5, 0.6) is 5.75 Å². The first-order chi connectivity index (χ1) is 10.9. The summed E-state index contributed by atoms with van der Waals surface area (Å²) in [5, 5.41) is 19.7. The molecule has 0 aromatic heterocycles. The fourth-order valence-corrected chi connectivity index (χ4v) is 2.72. The van der Waals surface area contributed by atoms with Gasteiger partial charge in [-0.15, -0.1) is 0 Å². The Morgan fingerprint density at radius 3 is 2.61 bits per heavy atom. The summed E-state index contributed by atoms with van der Waals surface area (Å²) in [5.74, 6) is -1.40. The molecule has 0 saturated carbocycles. The van der Waals surface area contributed by atoms with Gasteiger partial charge < -0.3 is 14.7 Å². The lowest BCUT2D eigenvalue weighted by Gasteiger charge is -2.37. The van der Waals surface area contributed by atoms with Gasteiger partial charge in [-0.05, 0) is 31.9 Å². The number of hydrogen-bond acceptors (Lipinski definition) is 5. The second-order valence-corrected chi connectivity index (χ2v) is 5.45. The Balaban J connectivity index is 1.93. The van der Waals surface area contributed by atoms with Crippen molar-refractivity contribution in [2.75, 3.05) is 13.2 Å². The Kier molecular flexibility index (Phi) is 5.15. The summed E-state index contributed by atoms with van der Waals surface area (Å²) in [6.07, 6.45) is 1.20. The molecule has 23 heavy (non-hydrogen) atoms. The number of rotatable bonds is 5. The molecule has 8 heteroatoms. The molecule has 0 aliphatic carbocycles. The monoisotopic (exact) mass is 322 g/mol. The van der Waals surface area contributed by atoms with Gasteiger partial charge in [-0.1, -0.05) is 0 Å².